The highest BCUT2D eigenvalue weighted by molar-refractivity contribution is 6.35. The van der Waals surface area contributed by atoms with Gasteiger partial charge in [-0.3, -0.25) is 19.3 Å². The molecule has 0 aliphatic carbocycles. The van der Waals surface area contributed by atoms with Crippen LogP contribution in [0.15, 0.2) is 72.8 Å². The molecule has 1 aliphatic rings. The summed E-state index contributed by atoms with van der Waals surface area (Å²) in [6, 6.07) is 18.8. The summed E-state index contributed by atoms with van der Waals surface area (Å²) in [6.07, 6.45) is 2.16. The van der Waals surface area contributed by atoms with Gasteiger partial charge in [0.15, 0.2) is 6.10 Å². The van der Waals surface area contributed by atoms with Gasteiger partial charge in [0.25, 0.3) is 5.91 Å². The van der Waals surface area contributed by atoms with Gasteiger partial charge in [-0.05, 0) is 61.0 Å². The molecule has 1 aliphatic heterocycles. The molecule has 1 unspecified atom stereocenters. The molecule has 3 amide bonds. The molecule has 1 heterocycles. The lowest BCUT2D eigenvalue weighted by Crippen LogP contribution is -2.47. The van der Waals surface area contributed by atoms with Crippen LogP contribution in [-0.4, -0.2) is 30.4 Å². The Morgan fingerprint density at radius 3 is 2.51 bits per heavy atom. The third-order valence-electron chi connectivity index (χ3n) is 5.17. The number of para-hydroxylation sites is 1. The molecule has 35 heavy (non-hydrogen) atoms. The summed E-state index contributed by atoms with van der Waals surface area (Å²) in [7, 11) is 0. The first-order chi connectivity index (χ1) is 16.8. The molecule has 2 N–H and O–H groups in total. The van der Waals surface area contributed by atoms with Crippen molar-refractivity contribution in [2.45, 2.75) is 13.0 Å². The molecule has 178 valence electrons. The Morgan fingerprint density at radius 2 is 1.77 bits per heavy atom. The van der Waals surface area contributed by atoms with Crippen LogP contribution in [0.25, 0.3) is 6.08 Å². The molecule has 4 rings (SSSR count). The Hall–Kier alpha value is -3.81. The number of carbonyl (C=O) groups is 3. The normalized spacial score (nSPS) is 14.9. The van der Waals surface area contributed by atoms with E-state index < -0.39 is 12.0 Å². The number of halogens is 2. The third-order valence-corrected chi connectivity index (χ3v) is 5.73. The predicted molar refractivity (Wildman–Crippen MR) is 138 cm³/mol. The van der Waals surface area contributed by atoms with E-state index in [1.165, 1.54) is 11.0 Å². The lowest BCUT2D eigenvalue weighted by atomic mass is 10.1. The first kappa shape index (κ1) is 24.3. The first-order valence-corrected chi connectivity index (χ1v) is 11.5. The van der Waals surface area contributed by atoms with E-state index in [-0.39, 0.29) is 18.4 Å². The molecule has 3 aromatic rings. The van der Waals surface area contributed by atoms with Crippen LogP contribution < -0.4 is 20.3 Å². The number of amides is 3. The van der Waals surface area contributed by atoms with Crippen LogP contribution in [0.5, 0.6) is 5.75 Å². The third kappa shape index (κ3) is 6.01. The Labute approximate surface area is 212 Å². The second kappa shape index (κ2) is 10.6. The van der Waals surface area contributed by atoms with E-state index in [9.17, 15) is 14.4 Å². The Morgan fingerprint density at radius 1 is 1.00 bits per heavy atom. The minimum Gasteiger partial charge on any atom is -0.479 e. The minimum absolute atomic E-state index is 0.208. The van der Waals surface area contributed by atoms with Gasteiger partial charge in [0.1, 0.15) is 12.3 Å². The van der Waals surface area contributed by atoms with Gasteiger partial charge in [-0.1, -0.05) is 47.5 Å². The molecule has 0 aromatic heterocycles. The topological polar surface area (TPSA) is 87.7 Å². The van der Waals surface area contributed by atoms with Crippen LogP contribution in [0.4, 0.5) is 17.1 Å². The zero-order valence-corrected chi connectivity index (χ0v) is 20.1. The zero-order valence-electron chi connectivity index (χ0n) is 18.6. The van der Waals surface area contributed by atoms with Crippen LogP contribution in [0, 0.1) is 0 Å². The van der Waals surface area contributed by atoms with E-state index in [4.69, 9.17) is 27.9 Å². The monoisotopic (exact) mass is 509 g/mol. The van der Waals surface area contributed by atoms with Crippen molar-refractivity contribution < 1.29 is 19.1 Å². The SMILES string of the molecule is CC1Oc2ccc(NC(=O)/C=C/c3ccc(Cl)cc3Cl)cc2N(CC(=O)Nc2ccccc2)C1=O. The quantitative estimate of drug-likeness (QED) is 0.435. The number of rotatable bonds is 6. The van der Waals surface area contributed by atoms with E-state index >= 15 is 0 Å². The predicted octanol–water partition coefficient (Wildman–Crippen LogP) is 5.40. The summed E-state index contributed by atoms with van der Waals surface area (Å²) in [5, 5.41) is 6.43. The molecule has 3 aromatic carbocycles. The number of ether oxygens (including phenoxy) is 1. The van der Waals surface area contributed by atoms with Crippen molar-refractivity contribution in [1.29, 1.82) is 0 Å². The van der Waals surface area contributed by atoms with Gasteiger partial charge in [-0.15, -0.1) is 0 Å². The van der Waals surface area contributed by atoms with E-state index in [2.05, 4.69) is 10.6 Å². The number of benzene rings is 3. The molecule has 7 nitrogen and oxygen atoms in total. The van der Waals surface area contributed by atoms with Crippen molar-refractivity contribution in [1.82, 2.24) is 0 Å². The van der Waals surface area contributed by atoms with Gasteiger partial charge in [-0.2, -0.15) is 0 Å². The van der Waals surface area contributed by atoms with Crippen molar-refractivity contribution in [3.63, 3.8) is 0 Å². The summed E-state index contributed by atoms with van der Waals surface area (Å²) in [4.78, 5) is 39.3. The Balaban J connectivity index is 1.50. The van der Waals surface area contributed by atoms with Crippen LogP contribution >= 0.6 is 23.2 Å². The summed E-state index contributed by atoms with van der Waals surface area (Å²) in [6.45, 7) is 1.41. The summed E-state index contributed by atoms with van der Waals surface area (Å²) < 4.78 is 5.69. The fourth-order valence-corrected chi connectivity index (χ4v) is 3.97. The van der Waals surface area contributed by atoms with Crippen molar-refractivity contribution in [3.8, 4) is 5.75 Å². The highest BCUT2D eigenvalue weighted by Crippen LogP contribution is 2.36. The largest absolute Gasteiger partial charge is 0.479 e. The van der Waals surface area contributed by atoms with E-state index in [0.29, 0.717) is 38.4 Å². The molecular formula is C26H21Cl2N3O4. The number of anilines is 3. The molecule has 0 radical (unpaired) electrons. The van der Waals surface area contributed by atoms with Gasteiger partial charge in [0.05, 0.1) is 5.69 Å². The Kier molecular flexibility index (Phi) is 7.39. The number of nitrogens with zero attached hydrogens (tertiary/aromatic N) is 1. The summed E-state index contributed by atoms with van der Waals surface area (Å²) in [5.74, 6) is -0.685. The highest BCUT2D eigenvalue weighted by Gasteiger charge is 2.33. The fourth-order valence-electron chi connectivity index (χ4n) is 3.50. The minimum atomic E-state index is -0.750. The van der Waals surface area contributed by atoms with Crippen molar-refractivity contribution >= 4 is 64.1 Å². The molecule has 0 fully saturated rings. The van der Waals surface area contributed by atoms with Crippen LogP contribution in [0.2, 0.25) is 10.0 Å². The Bertz CT molecular complexity index is 1310. The highest BCUT2D eigenvalue weighted by atomic mass is 35.5. The van der Waals surface area contributed by atoms with Gasteiger partial charge >= 0.3 is 0 Å². The second-order valence-corrected chi connectivity index (χ2v) is 8.61. The maximum absolute atomic E-state index is 12.8. The number of nitrogens with one attached hydrogen (secondary N) is 2. The lowest BCUT2D eigenvalue weighted by Gasteiger charge is -2.32. The summed E-state index contributed by atoms with van der Waals surface area (Å²) in [5.41, 5.74) is 2.08. The van der Waals surface area contributed by atoms with E-state index in [0.717, 1.165) is 0 Å². The first-order valence-electron chi connectivity index (χ1n) is 10.7. The number of fused-ring (bicyclic) bond motifs is 1. The molecule has 0 bridgehead atoms. The average molecular weight is 510 g/mol. The van der Waals surface area contributed by atoms with Gasteiger partial charge < -0.3 is 15.4 Å². The van der Waals surface area contributed by atoms with Gasteiger partial charge in [-0.25, -0.2) is 0 Å². The molecule has 0 spiro atoms. The maximum Gasteiger partial charge on any atom is 0.268 e. The summed E-state index contributed by atoms with van der Waals surface area (Å²) >= 11 is 12.0. The number of hydrogen-bond donors (Lipinski definition) is 2. The number of hydrogen-bond acceptors (Lipinski definition) is 4. The maximum atomic E-state index is 12.8. The standard InChI is InChI=1S/C26H21Cl2N3O4/c1-16-26(34)31(15-25(33)29-19-5-3-2-4-6-19)22-14-20(10-11-23(22)35-16)30-24(32)12-8-17-7-9-18(27)13-21(17)28/h2-14,16H,15H2,1H3,(H,29,33)(H,30,32)/b12-8+. The number of carbonyl (C=O) groups excluding carboxylic acids is 3. The lowest BCUT2D eigenvalue weighted by molar-refractivity contribution is -0.127. The smallest absolute Gasteiger partial charge is 0.268 e. The molecular weight excluding hydrogens is 489 g/mol. The fraction of sp³-hybridized carbons (Fsp3) is 0.115. The second-order valence-electron chi connectivity index (χ2n) is 7.77. The van der Waals surface area contributed by atoms with E-state index in [1.807, 2.05) is 6.07 Å². The zero-order chi connectivity index (χ0) is 24.9. The van der Waals surface area contributed by atoms with Gasteiger partial charge in [0.2, 0.25) is 11.8 Å². The van der Waals surface area contributed by atoms with Crippen LogP contribution in [0.3, 0.4) is 0 Å². The van der Waals surface area contributed by atoms with Crippen molar-refractivity contribution in [3.05, 3.63) is 88.4 Å². The van der Waals surface area contributed by atoms with Crippen LogP contribution in [0.1, 0.15) is 12.5 Å². The van der Waals surface area contributed by atoms with Crippen molar-refractivity contribution in [2.24, 2.45) is 0 Å². The molecule has 0 saturated carbocycles. The van der Waals surface area contributed by atoms with Gasteiger partial charge in [0, 0.05) is 27.5 Å². The average Bonchev–Trinajstić information content (AvgIpc) is 2.82. The van der Waals surface area contributed by atoms with Crippen LogP contribution in [-0.2, 0) is 14.4 Å². The molecule has 9 heteroatoms. The van der Waals surface area contributed by atoms with E-state index in [1.54, 1.807) is 73.7 Å². The molecule has 1 atom stereocenters. The van der Waals surface area contributed by atoms with Crippen molar-refractivity contribution in [2.75, 3.05) is 22.1 Å². The molecule has 0 saturated heterocycles.